The lowest BCUT2D eigenvalue weighted by molar-refractivity contribution is -0.136. The molecule has 9 heteroatoms. The van der Waals surface area contributed by atoms with Gasteiger partial charge in [0.25, 0.3) is 0 Å². The van der Waals surface area contributed by atoms with E-state index in [1.165, 1.54) is 6.07 Å². The molecular weight excluding hydrogens is 280 g/mol. The lowest BCUT2D eigenvalue weighted by atomic mass is 10.00. The van der Waals surface area contributed by atoms with Crippen molar-refractivity contribution in [2.24, 2.45) is 0 Å². The Morgan fingerprint density at radius 3 is 2.67 bits per heavy atom. The van der Waals surface area contributed by atoms with Gasteiger partial charge < -0.3 is 21.3 Å². The summed E-state index contributed by atoms with van der Waals surface area (Å²) in [6.07, 6.45) is -0.412. The van der Waals surface area contributed by atoms with E-state index in [0.29, 0.717) is 0 Å². The smallest absolute Gasteiger partial charge is 0.347 e. The van der Waals surface area contributed by atoms with Gasteiger partial charge in [0.05, 0.1) is 24.7 Å². The van der Waals surface area contributed by atoms with Gasteiger partial charge in [-0.15, -0.1) is 0 Å². The Kier molecular flexibility index (Phi) is 3.49. The molecule has 1 aromatic carbocycles. The normalized spacial score (nSPS) is 10.5. The zero-order chi connectivity index (χ0) is 15.7. The minimum Gasteiger partial charge on any atom is -0.481 e. The number of nitrogen functional groups attached to an aromatic ring is 2. The second-order valence-corrected chi connectivity index (χ2v) is 4.24. The number of carboxylic acids is 1. The summed E-state index contributed by atoms with van der Waals surface area (Å²) in [5, 5.41) is 9.11. The first kappa shape index (κ1) is 14.3. The summed E-state index contributed by atoms with van der Waals surface area (Å²) in [5.41, 5.74) is 10.6. The number of esters is 1. The van der Waals surface area contributed by atoms with Crippen molar-refractivity contribution in [1.29, 1.82) is 0 Å². The number of rotatable bonds is 3. The van der Waals surface area contributed by atoms with Gasteiger partial charge in [-0.1, -0.05) is 0 Å². The topological polar surface area (TPSA) is 161 Å². The summed E-state index contributed by atoms with van der Waals surface area (Å²) in [7, 11) is 1.13. The highest BCUT2D eigenvalue weighted by atomic mass is 16.5. The number of methoxy groups -OCH3 is 1. The van der Waals surface area contributed by atoms with Crippen LogP contribution in [0.2, 0.25) is 0 Å². The molecule has 0 saturated carbocycles. The molecule has 1 heterocycles. The van der Waals surface area contributed by atoms with E-state index in [9.17, 15) is 14.4 Å². The van der Waals surface area contributed by atoms with Crippen molar-refractivity contribution >= 4 is 34.3 Å². The number of nitrogens with two attached hydrogens (primary N) is 2. The van der Waals surface area contributed by atoms with Gasteiger partial charge in [-0.25, -0.2) is 9.59 Å². The highest BCUT2D eigenvalue weighted by molar-refractivity contribution is 6.10. The van der Waals surface area contributed by atoms with Gasteiger partial charge >= 0.3 is 17.6 Å². The molecule has 0 saturated heterocycles. The minimum atomic E-state index is -1.13. The second kappa shape index (κ2) is 5.12. The number of anilines is 2. The fourth-order valence-corrected chi connectivity index (χ4v) is 1.99. The molecular formula is C12H12N4O5. The molecule has 0 aliphatic heterocycles. The Morgan fingerprint density at radius 2 is 2.10 bits per heavy atom. The first-order chi connectivity index (χ1) is 9.85. The number of carbonyl (C=O) groups excluding carboxylic acids is 1. The summed E-state index contributed by atoms with van der Waals surface area (Å²) < 4.78 is 4.61. The average molecular weight is 292 g/mol. The molecule has 0 bridgehead atoms. The summed E-state index contributed by atoms with van der Waals surface area (Å²) in [6, 6.07) is 1.38. The minimum absolute atomic E-state index is 0.0326. The zero-order valence-corrected chi connectivity index (χ0v) is 11.0. The maximum atomic E-state index is 11.9. The van der Waals surface area contributed by atoms with E-state index in [4.69, 9.17) is 16.6 Å². The van der Waals surface area contributed by atoms with Gasteiger partial charge in [0.15, 0.2) is 0 Å². The number of aliphatic carboxylic acids is 1. The Hall–Kier alpha value is -3.10. The first-order valence-corrected chi connectivity index (χ1v) is 5.76. The largest absolute Gasteiger partial charge is 0.481 e. The van der Waals surface area contributed by atoms with Gasteiger partial charge in [-0.05, 0) is 11.6 Å². The number of benzene rings is 1. The van der Waals surface area contributed by atoms with E-state index in [0.717, 1.165) is 7.11 Å². The summed E-state index contributed by atoms with van der Waals surface area (Å²) >= 11 is 0. The van der Waals surface area contributed by atoms with Crippen LogP contribution >= 0.6 is 0 Å². The molecule has 0 spiro atoms. The molecule has 2 aromatic rings. The molecule has 0 unspecified atom stereocenters. The number of nitrogens with zero attached hydrogens (tertiary/aromatic N) is 1. The van der Waals surface area contributed by atoms with E-state index < -0.39 is 24.0 Å². The Balaban J connectivity index is 2.92. The van der Waals surface area contributed by atoms with Gasteiger partial charge in [0.1, 0.15) is 11.4 Å². The van der Waals surface area contributed by atoms with Crippen LogP contribution in [0.15, 0.2) is 10.9 Å². The number of aromatic amines is 1. The fraction of sp³-hybridized carbons (Fsp3) is 0.167. The van der Waals surface area contributed by atoms with E-state index in [-0.39, 0.29) is 33.5 Å². The molecule has 0 fully saturated rings. The molecule has 2 rings (SSSR count). The summed E-state index contributed by atoms with van der Waals surface area (Å²) in [5.74, 6) is -2.00. The number of hydrogen-bond acceptors (Lipinski definition) is 7. The maximum absolute atomic E-state index is 11.9. The number of H-pyrrole nitrogens is 1. The van der Waals surface area contributed by atoms with Crippen molar-refractivity contribution in [3.05, 3.63) is 27.7 Å². The molecule has 0 radical (unpaired) electrons. The standard InChI is InChI=1S/C12H12N4O5/c1-21-11(19)7-8(13)4(3-6(17)18)2-5-9(7)15-12(20)16-10(5)14/h2H,3,13H2,1H3,(H,17,18)(H3,14,15,16,20). The van der Waals surface area contributed by atoms with Crippen LogP contribution in [0.4, 0.5) is 11.5 Å². The molecule has 1 aromatic heterocycles. The van der Waals surface area contributed by atoms with E-state index in [1.807, 2.05) is 0 Å². The number of nitrogens with one attached hydrogen (secondary N) is 1. The summed E-state index contributed by atoms with van der Waals surface area (Å²) in [6.45, 7) is 0. The van der Waals surface area contributed by atoms with E-state index in [2.05, 4.69) is 14.7 Å². The van der Waals surface area contributed by atoms with Crippen molar-refractivity contribution in [2.45, 2.75) is 6.42 Å². The predicted molar refractivity (Wildman–Crippen MR) is 73.9 cm³/mol. The van der Waals surface area contributed by atoms with Gasteiger partial charge in [-0.2, -0.15) is 4.98 Å². The fourth-order valence-electron chi connectivity index (χ4n) is 1.99. The van der Waals surface area contributed by atoms with Crippen molar-refractivity contribution in [3.8, 4) is 0 Å². The van der Waals surface area contributed by atoms with Crippen LogP contribution in [0.1, 0.15) is 15.9 Å². The van der Waals surface area contributed by atoms with Crippen LogP contribution in [0.3, 0.4) is 0 Å². The molecule has 0 atom stereocenters. The second-order valence-electron chi connectivity index (χ2n) is 4.24. The molecule has 6 N–H and O–H groups in total. The third-order valence-corrected chi connectivity index (χ3v) is 2.90. The number of carboxylic acid groups (broad SMARTS) is 1. The van der Waals surface area contributed by atoms with E-state index in [1.54, 1.807) is 0 Å². The molecule has 110 valence electrons. The SMILES string of the molecule is COC(=O)c1c(N)c(CC(=O)O)cc2c(N)[nH]c(=O)nc12. The molecule has 0 aliphatic rings. The number of aromatic nitrogens is 2. The predicted octanol–water partition coefficient (Wildman–Crippen LogP) is -0.499. The number of carbonyl (C=O) groups is 2. The van der Waals surface area contributed by atoms with Crippen LogP contribution in [0.25, 0.3) is 10.9 Å². The summed E-state index contributed by atoms with van der Waals surface area (Å²) in [4.78, 5) is 40.1. The van der Waals surface area contributed by atoms with Crippen molar-refractivity contribution in [1.82, 2.24) is 9.97 Å². The van der Waals surface area contributed by atoms with Gasteiger partial charge in [0, 0.05) is 5.39 Å². The van der Waals surface area contributed by atoms with Crippen LogP contribution in [0.5, 0.6) is 0 Å². The molecule has 0 aliphatic carbocycles. The quantitative estimate of drug-likeness (QED) is 0.434. The van der Waals surface area contributed by atoms with E-state index >= 15 is 0 Å². The monoisotopic (exact) mass is 292 g/mol. The Morgan fingerprint density at radius 1 is 1.43 bits per heavy atom. The maximum Gasteiger partial charge on any atom is 0.347 e. The Bertz CT molecular complexity index is 811. The molecule has 0 amide bonds. The first-order valence-electron chi connectivity index (χ1n) is 5.76. The van der Waals surface area contributed by atoms with Crippen LogP contribution in [-0.4, -0.2) is 34.1 Å². The molecule has 9 nitrogen and oxygen atoms in total. The third kappa shape index (κ3) is 2.48. The highest BCUT2D eigenvalue weighted by Gasteiger charge is 2.22. The van der Waals surface area contributed by atoms with Gasteiger partial charge in [-0.3, -0.25) is 9.78 Å². The van der Waals surface area contributed by atoms with Crippen molar-refractivity contribution < 1.29 is 19.4 Å². The van der Waals surface area contributed by atoms with Gasteiger partial charge in [0.2, 0.25) is 0 Å². The van der Waals surface area contributed by atoms with Crippen molar-refractivity contribution in [3.63, 3.8) is 0 Å². The van der Waals surface area contributed by atoms with Crippen molar-refractivity contribution in [2.75, 3.05) is 18.6 Å². The number of hydrogen-bond donors (Lipinski definition) is 4. The highest BCUT2D eigenvalue weighted by Crippen LogP contribution is 2.29. The number of fused-ring (bicyclic) bond motifs is 1. The van der Waals surface area contributed by atoms with Crippen LogP contribution in [0, 0.1) is 0 Å². The van der Waals surface area contributed by atoms with Crippen LogP contribution in [-0.2, 0) is 16.0 Å². The lowest BCUT2D eigenvalue weighted by Crippen LogP contribution is -2.18. The molecule has 21 heavy (non-hydrogen) atoms. The number of ether oxygens (including phenoxy) is 1. The van der Waals surface area contributed by atoms with Crippen LogP contribution < -0.4 is 17.2 Å². The lowest BCUT2D eigenvalue weighted by Gasteiger charge is -2.12. The Labute approximate surface area is 117 Å². The third-order valence-electron chi connectivity index (χ3n) is 2.90. The zero-order valence-electron chi connectivity index (χ0n) is 11.0. The average Bonchev–Trinajstić information content (AvgIpc) is 2.39.